The van der Waals surface area contributed by atoms with E-state index in [1.54, 1.807) is 0 Å². The van der Waals surface area contributed by atoms with Crippen LogP contribution < -0.4 is 4.74 Å². The molecule has 4 aliphatic carbocycles. The summed E-state index contributed by atoms with van der Waals surface area (Å²) < 4.78 is 5.95. The second kappa shape index (κ2) is 6.58. The highest BCUT2D eigenvalue weighted by atomic mass is 32.2. The van der Waals surface area contributed by atoms with Gasteiger partial charge in [0.25, 0.3) is 0 Å². The van der Waals surface area contributed by atoms with E-state index in [0.717, 1.165) is 40.5 Å². The third-order valence-corrected chi connectivity index (χ3v) is 8.83. The molecule has 0 spiro atoms. The zero-order chi connectivity index (χ0) is 18.6. The molecule has 1 aromatic rings. The topological polar surface area (TPSA) is 26.3 Å². The zero-order valence-electron chi connectivity index (χ0n) is 16.9. The number of ether oxygens (including phenoxy) is 1. The van der Waals surface area contributed by atoms with Crippen LogP contribution in [-0.4, -0.2) is 18.5 Å². The summed E-state index contributed by atoms with van der Waals surface area (Å²) in [6.07, 6.45) is 11.9. The van der Waals surface area contributed by atoms with Gasteiger partial charge in [-0.1, -0.05) is 6.92 Å². The van der Waals surface area contributed by atoms with Gasteiger partial charge in [-0.2, -0.15) is 0 Å². The predicted molar refractivity (Wildman–Crippen MR) is 109 cm³/mol. The Morgan fingerprint density at radius 3 is 2.00 bits per heavy atom. The van der Waals surface area contributed by atoms with Crippen molar-refractivity contribution >= 4 is 16.9 Å². The number of carbonyl (C=O) groups is 1. The molecule has 4 saturated carbocycles. The number of hydrogen-bond donors (Lipinski definition) is 0. The third-order valence-electron chi connectivity index (χ3n) is 7.65. The first kappa shape index (κ1) is 18.4. The molecule has 0 amide bonds. The molecule has 4 bridgehead atoms. The molecule has 0 saturated heterocycles. The van der Waals surface area contributed by atoms with Crippen LogP contribution in [0.25, 0.3) is 0 Å². The van der Waals surface area contributed by atoms with Crippen molar-refractivity contribution in [2.45, 2.75) is 64.2 Å². The molecular formula is C23H33O2S+. The van der Waals surface area contributed by atoms with Gasteiger partial charge in [-0.3, -0.25) is 4.79 Å². The lowest BCUT2D eigenvalue weighted by molar-refractivity contribution is -0.149. The standard InChI is InChI=1S/C23H33O2S/c1-14-6-20(26(4)5)7-15(2)22(14)25-21(24)13-23(3)18-9-16-8-17(11-18)12-19(23)10-16/h6-7,16-19H,8-13H2,1-5H3/q+1. The van der Waals surface area contributed by atoms with Crippen LogP contribution in [0.5, 0.6) is 5.75 Å². The summed E-state index contributed by atoms with van der Waals surface area (Å²) in [6.45, 7) is 6.51. The van der Waals surface area contributed by atoms with Gasteiger partial charge in [0.1, 0.15) is 18.3 Å². The monoisotopic (exact) mass is 373 g/mol. The van der Waals surface area contributed by atoms with Gasteiger partial charge in [0.05, 0.1) is 6.42 Å². The molecule has 26 heavy (non-hydrogen) atoms. The number of rotatable bonds is 4. The maximum absolute atomic E-state index is 12.9. The zero-order valence-corrected chi connectivity index (χ0v) is 17.7. The van der Waals surface area contributed by atoms with Crippen LogP contribution in [-0.2, 0) is 15.7 Å². The number of benzene rings is 1. The molecule has 142 valence electrons. The van der Waals surface area contributed by atoms with Crippen LogP contribution in [0.3, 0.4) is 0 Å². The summed E-state index contributed by atoms with van der Waals surface area (Å²) in [7, 11) is 0.224. The van der Waals surface area contributed by atoms with Crippen LogP contribution in [0, 0.1) is 42.9 Å². The van der Waals surface area contributed by atoms with Crippen LogP contribution in [0.2, 0.25) is 0 Å². The SMILES string of the molecule is Cc1cc([S+](C)C)cc(C)c1OC(=O)CC1(C)C2CC3CC(C2)CC1C3. The van der Waals surface area contributed by atoms with Crippen molar-refractivity contribution < 1.29 is 9.53 Å². The summed E-state index contributed by atoms with van der Waals surface area (Å²) in [4.78, 5) is 14.3. The Balaban J connectivity index is 1.49. The fourth-order valence-electron chi connectivity index (χ4n) is 6.32. The van der Waals surface area contributed by atoms with E-state index in [9.17, 15) is 4.79 Å². The van der Waals surface area contributed by atoms with Gasteiger partial charge in [-0.15, -0.1) is 0 Å². The lowest BCUT2D eigenvalue weighted by Gasteiger charge is -2.60. The van der Waals surface area contributed by atoms with Gasteiger partial charge < -0.3 is 4.74 Å². The fourth-order valence-corrected chi connectivity index (χ4v) is 7.14. The maximum Gasteiger partial charge on any atom is 0.311 e. The van der Waals surface area contributed by atoms with Crippen LogP contribution in [0.4, 0.5) is 0 Å². The Morgan fingerprint density at radius 2 is 1.54 bits per heavy atom. The summed E-state index contributed by atoms with van der Waals surface area (Å²) in [6, 6.07) is 4.37. The molecule has 0 heterocycles. The smallest absolute Gasteiger partial charge is 0.311 e. The van der Waals surface area contributed by atoms with Crippen molar-refractivity contribution in [3.8, 4) is 5.75 Å². The number of esters is 1. The highest BCUT2D eigenvalue weighted by molar-refractivity contribution is 7.95. The number of hydrogen-bond acceptors (Lipinski definition) is 2. The van der Waals surface area contributed by atoms with Crippen LogP contribution in [0.15, 0.2) is 17.0 Å². The van der Waals surface area contributed by atoms with Crippen molar-refractivity contribution in [3.05, 3.63) is 23.3 Å². The quantitative estimate of drug-likeness (QED) is 0.407. The third kappa shape index (κ3) is 3.10. The Kier molecular flexibility index (Phi) is 4.66. The van der Waals surface area contributed by atoms with E-state index < -0.39 is 0 Å². The highest BCUT2D eigenvalue weighted by Crippen LogP contribution is 2.63. The first-order valence-electron chi connectivity index (χ1n) is 10.2. The van der Waals surface area contributed by atoms with Gasteiger partial charge in [0.2, 0.25) is 0 Å². The molecule has 3 heteroatoms. The molecule has 4 fully saturated rings. The van der Waals surface area contributed by atoms with Crippen molar-refractivity contribution in [3.63, 3.8) is 0 Å². The Hall–Kier alpha value is -0.960. The fraction of sp³-hybridized carbons (Fsp3) is 0.696. The van der Waals surface area contributed by atoms with Crippen LogP contribution in [0.1, 0.15) is 56.6 Å². The average molecular weight is 374 g/mol. The van der Waals surface area contributed by atoms with Gasteiger partial charge >= 0.3 is 5.97 Å². The van der Waals surface area contributed by atoms with E-state index in [0.29, 0.717) is 6.42 Å². The van der Waals surface area contributed by atoms with E-state index in [-0.39, 0.29) is 22.3 Å². The predicted octanol–water partition coefficient (Wildman–Crippen LogP) is 5.30. The minimum absolute atomic E-state index is 0.0223. The molecule has 0 radical (unpaired) electrons. The first-order valence-corrected chi connectivity index (χ1v) is 12.2. The molecule has 1 aromatic carbocycles. The summed E-state index contributed by atoms with van der Waals surface area (Å²) in [5, 5.41) is 0. The minimum atomic E-state index is -0.0223. The van der Waals surface area contributed by atoms with E-state index in [4.69, 9.17) is 4.74 Å². The normalized spacial score (nSPS) is 35.2. The maximum atomic E-state index is 12.9. The van der Waals surface area contributed by atoms with Crippen LogP contribution >= 0.6 is 0 Å². The van der Waals surface area contributed by atoms with Crippen molar-refractivity contribution in [1.29, 1.82) is 0 Å². The summed E-state index contributed by atoms with van der Waals surface area (Å²) in [5.41, 5.74) is 2.33. The minimum Gasteiger partial charge on any atom is -0.426 e. The van der Waals surface area contributed by atoms with Crippen molar-refractivity contribution in [2.75, 3.05) is 12.5 Å². The van der Waals surface area contributed by atoms with E-state index >= 15 is 0 Å². The summed E-state index contributed by atoms with van der Waals surface area (Å²) in [5.74, 6) is 4.12. The number of carbonyl (C=O) groups excluding carboxylic acids is 1. The molecule has 0 aliphatic heterocycles. The molecule has 0 aromatic heterocycles. The molecule has 4 aliphatic rings. The highest BCUT2D eigenvalue weighted by Gasteiger charge is 2.55. The van der Waals surface area contributed by atoms with Crippen molar-refractivity contribution in [2.24, 2.45) is 29.1 Å². The largest absolute Gasteiger partial charge is 0.426 e. The molecule has 2 nitrogen and oxygen atoms in total. The van der Waals surface area contributed by atoms with Gasteiger partial charge in [0.15, 0.2) is 4.90 Å². The van der Waals surface area contributed by atoms with E-state index in [1.165, 1.54) is 37.0 Å². The molecule has 5 rings (SSSR count). The van der Waals surface area contributed by atoms with Gasteiger partial charge in [-0.05, 0) is 98.3 Å². The molecule has 0 unspecified atom stereocenters. The summed E-state index contributed by atoms with van der Waals surface area (Å²) >= 11 is 0. The molecule has 0 atom stereocenters. The van der Waals surface area contributed by atoms with E-state index in [2.05, 4.69) is 45.4 Å². The lowest BCUT2D eigenvalue weighted by Crippen LogP contribution is -2.52. The first-order chi connectivity index (χ1) is 12.3. The average Bonchev–Trinajstić information content (AvgIpc) is 2.55. The van der Waals surface area contributed by atoms with Gasteiger partial charge in [0, 0.05) is 10.9 Å². The molecule has 0 N–H and O–H groups in total. The lowest BCUT2D eigenvalue weighted by atomic mass is 9.45. The van der Waals surface area contributed by atoms with Crippen molar-refractivity contribution in [1.82, 2.24) is 0 Å². The molecular weight excluding hydrogens is 340 g/mol. The Bertz CT molecular complexity index is 670. The second-order valence-electron chi connectivity index (χ2n) is 9.66. The number of aryl methyl sites for hydroxylation is 2. The Morgan fingerprint density at radius 1 is 1.04 bits per heavy atom. The second-order valence-corrected chi connectivity index (χ2v) is 11.8. The van der Waals surface area contributed by atoms with Gasteiger partial charge in [-0.25, -0.2) is 0 Å². The Labute approximate surface area is 161 Å². The van der Waals surface area contributed by atoms with E-state index in [1.807, 2.05) is 0 Å².